The number of nitro groups is 1. The van der Waals surface area contributed by atoms with Crippen LogP contribution in [0.5, 0.6) is 0 Å². The molecule has 7 nitrogen and oxygen atoms in total. The summed E-state index contributed by atoms with van der Waals surface area (Å²) in [5.74, 6) is -0.687. The Balaban J connectivity index is 1.82. The second kappa shape index (κ2) is 6.65. The van der Waals surface area contributed by atoms with Gasteiger partial charge in [-0.3, -0.25) is 14.9 Å². The predicted octanol–water partition coefficient (Wildman–Crippen LogP) is 3.75. The van der Waals surface area contributed by atoms with Crippen LogP contribution in [0.25, 0.3) is 0 Å². The zero-order valence-corrected chi connectivity index (χ0v) is 13.4. The molecule has 0 radical (unpaired) electrons. The molecule has 3 rings (SSSR count). The van der Waals surface area contributed by atoms with Crippen LogP contribution in [0.3, 0.4) is 0 Å². The van der Waals surface area contributed by atoms with Crippen molar-refractivity contribution in [3.63, 3.8) is 0 Å². The van der Waals surface area contributed by atoms with Gasteiger partial charge in [-0.15, -0.1) is 0 Å². The number of anilines is 3. The summed E-state index contributed by atoms with van der Waals surface area (Å²) in [5, 5.41) is 14.0. The predicted molar refractivity (Wildman–Crippen MR) is 92.7 cm³/mol. The minimum Gasteiger partial charge on any atom is -0.382 e. The number of halogens is 1. The third-order valence-corrected chi connectivity index (χ3v) is 4.28. The lowest BCUT2D eigenvalue weighted by Crippen LogP contribution is -2.02. The van der Waals surface area contributed by atoms with E-state index in [-0.39, 0.29) is 33.5 Å². The van der Waals surface area contributed by atoms with Crippen molar-refractivity contribution in [3.8, 4) is 0 Å². The summed E-state index contributed by atoms with van der Waals surface area (Å²) in [6.07, 6.45) is 0. The number of nitrogen functional groups attached to an aromatic ring is 1. The molecule has 0 bridgehead atoms. The smallest absolute Gasteiger partial charge is 0.269 e. The fourth-order valence-electron chi connectivity index (χ4n) is 2.07. The van der Waals surface area contributed by atoms with Crippen LogP contribution in [0, 0.1) is 15.9 Å². The van der Waals surface area contributed by atoms with E-state index in [4.69, 9.17) is 5.73 Å². The van der Waals surface area contributed by atoms with Gasteiger partial charge in [-0.05, 0) is 36.4 Å². The molecule has 0 aliphatic rings. The highest BCUT2D eigenvalue weighted by molar-refractivity contribution is 7.18. The van der Waals surface area contributed by atoms with Crippen molar-refractivity contribution in [2.75, 3.05) is 11.1 Å². The molecular formula is C16H11FN4O3S. The molecule has 1 heterocycles. The summed E-state index contributed by atoms with van der Waals surface area (Å²) in [7, 11) is 0. The number of nitro benzene ring substituents is 1. The number of carbonyl (C=O) groups is 1. The third-order valence-electron chi connectivity index (χ3n) is 3.30. The summed E-state index contributed by atoms with van der Waals surface area (Å²) in [5.41, 5.74) is 6.58. The molecule has 0 spiro atoms. The van der Waals surface area contributed by atoms with Gasteiger partial charge in [0.2, 0.25) is 5.78 Å². The van der Waals surface area contributed by atoms with Gasteiger partial charge in [0.05, 0.1) is 4.92 Å². The number of nitrogens with one attached hydrogen (secondary N) is 1. The average molecular weight is 358 g/mol. The minimum absolute atomic E-state index is 0.0537. The zero-order chi connectivity index (χ0) is 18.0. The molecule has 0 saturated heterocycles. The van der Waals surface area contributed by atoms with Crippen molar-refractivity contribution < 1.29 is 14.1 Å². The first-order chi connectivity index (χ1) is 11.9. The summed E-state index contributed by atoms with van der Waals surface area (Å²) < 4.78 is 12.9. The highest BCUT2D eigenvalue weighted by Crippen LogP contribution is 2.30. The van der Waals surface area contributed by atoms with E-state index in [1.165, 1.54) is 48.5 Å². The molecule has 9 heteroatoms. The van der Waals surface area contributed by atoms with Crippen LogP contribution in [0.2, 0.25) is 0 Å². The topological polar surface area (TPSA) is 111 Å². The molecule has 3 N–H and O–H groups in total. The van der Waals surface area contributed by atoms with Crippen molar-refractivity contribution in [2.45, 2.75) is 0 Å². The van der Waals surface area contributed by atoms with E-state index in [0.29, 0.717) is 10.8 Å². The molecule has 0 aliphatic carbocycles. The Morgan fingerprint density at radius 2 is 1.80 bits per heavy atom. The number of hydrogen-bond acceptors (Lipinski definition) is 7. The number of aromatic nitrogens is 1. The van der Waals surface area contributed by atoms with Crippen molar-refractivity contribution >= 4 is 39.4 Å². The van der Waals surface area contributed by atoms with Crippen LogP contribution in [0.4, 0.5) is 26.7 Å². The van der Waals surface area contributed by atoms with Gasteiger partial charge in [-0.25, -0.2) is 9.37 Å². The fourth-order valence-corrected chi connectivity index (χ4v) is 2.94. The monoisotopic (exact) mass is 358 g/mol. The van der Waals surface area contributed by atoms with Crippen molar-refractivity contribution in [2.24, 2.45) is 0 Å². The first-order valence-corrected chi connectivity index (χ1v) is 7.84. The minimum atomic E-state index is -0.542. The normalized spacial score (nSPS) is 10.4. The Labute approximate surface area is 145 Å². The standard InChI is InChI=1S/C16H11FN4O3S/c17-10-3-5-11(6-4-10)19-16-20-15(18)14(25-16)13(22)9-1-7-12(8-2-9)21(23)24/h1-8H,18H2,(H,19,20). The lowest BCUT2D eigenvalue weighted by molar-refractivity contribution is -0.384. The number of ketones is 1. The summed E-state index contributed by atoms with van der Waals surface area (Å²) in [4.78, 5) is 26.9. The molecule has 0 aliphatic heterocycles. The highest BCUT2D eigenvalue weighted by atomic mass is 32.1. The van der Waals surface area contributed by atoms with Gasteiger partial charge in [0.1, 0.15) is 16.5 Å². The van der Waals surface area contributed by atoms with Gasteiger partial charge in [0, 0.05) is 23.4 Å². The fraction of sp³-hybridized carbons (Fsp3) is 0. The van der Waals surface area contributed by atoms with Crippen molar-refractivity contribution in [3.05, 3.63) is 74.9 Å². The molecular weight excluding hydrogens is 347 g/mol. The van der Waals surface area contributed by atoms with Gasteiger partial charge in [0.15, 0.2) is 5.13 Å². The number of nitrogens with two attached hydrogens (primary N) is 1. The number of benzene rings is 2. The molecule has 0 unspecified atom stereocenters. The van der Waals surface area contributed by atoms with Gasteiger partial charge >= 0.3 is 0 Å². The summed E-state index contributed by atoms with van der Waals surface area (Å²) >= 11 is 1.05. The quantitative estimate of drug-likeness (QED) is 0.408. The van der Waals surface area contributed by atoms with Gasteiger partial charge in [-0.1, -0.05) is 11.3 Å². The molecule has 2 aromatic carbocycles. The number of non-ortho nitro benzene ring substituents is 1. The number of rotatable bonds is 5. The average Bonchev–Trinajstić information content (AvgIpc) is 2.96. The van der Waals surface area contributed by atoms with Crippen molar-refractivity contribution in [1.29, 1.82) is 0 Å². The first kappa shape index (κ1) is 16.5. The zero-order valence-electron chi connectivity index (χ0n) is 12.6. The second-order valence-corrected chi connectivity index (χ2v) is 6.00. The molecule has 0 fully saturated rings. The SMILES string of the molecule is Nc1nc(Nc2ccc(F)cc2)sc1C(=O)c1ccc([N+](=O)[O-])cc1. The summed E-state index contributed by atoms with van der Waals surface area (Å²) in [6.45, 7) is 0. The van der Waals surface area contributed by atoms with E-state index in [2.05, 4.69) is 10.3 Å². The van der Waals surface area contributed by atoms with E-state index in [1.54, 1.807) is 0 Å². The number of thiazole rings is 1. The van der Waals surface area contributed by atoms with Crippen molar-refractivity contribution in [1.82, 2.24) is 4.98 Å². The molecule has 1 aromatic heterocycles. The Hall–Kier alpha value is -3.33. The van der Waals surface area contributed by atoms with Crippen LogP contribution in [-0.2, 0) is 0 Å². The molecule has 0 amide bonds. The maximum Gasteiger partial charge on any atom is 0.269 e. The van der Waals surface area contributed by atoms with Gasteiger partial charge < -0.3 is 11.1 Å². The number of nitrogens with zero attached hydrogens (tertiary/aromatic N) is 2. The van der Waals surface area contributed by atoms with Crippen LogP contribution in [-0.4, -0.2) is 15.7 Å². The highest BCUT2D eigenvalue weighted by Gasteiger charge is 2.19. The molecule has 0 atom stereocenters. The van der Waals surface area contributed by atoms with Crippen LogP contribution < -0.4 is 11.1 Å². The number of carbonyl (C=O) groups excluding carboxylic acids is 1. The maximum absolute atomic E-state index is 12.9. The summed E-state index contributed by atoms with van der Waals surface area (Å²) in [6, 6.07) is 10.9. The van der Waals surface area contributed by atoms with Crippen LogP contribution in [0.15, 0.2) is 48.5 Å². The largest absolute Gasteiger partial charge is 0.382 e. The molecule has 3 aromatic rings. The number of hydrogen-bond donors (Lipinski definition) is 2. The van der Waals surface area contributed by atoms with E-state index < -0.39 is 4.92 Å². The van der Waals surface area contributed by atoms with Crippen LogP contribution >= 0.6 is 11.3 Å². The van der Waals surface area contributed by atoms with E-state index >= 15 is 0 Å². The van der Waals surface area contributed by atoms with Crippen LogP contribution in [0.1, 0.15) is 15.2 Å². The third kappa shape index (κ3) is 3.61. The van der Waals surface area contributed by atoms with Gasteiger partial charge in [0.25, 0.3) is 5.69 Å². The van der Waals surface area contributed by atoms with E-state index in [9.17, 15) is 19.3 Å². The lowest BCUT2D eigenvalue weighted by Gasteiger charge is -2.01. The molecule has 126 valence electrons. The maximum atomic E-state index is 12.9. The Bertz CT molecular complexity index is 939. The molecule has 25 heavy (non-hydrogen) atoms. The lowest BCUT2D eigenvalue weighted by atomic mass is 10.1. The second-order valence-electron chi connectivity index (χ2n) is 5.00. The van der Waals surface area contributed by atoms with Gasteiger partial charge in [-0.2, -0.15) is 0 Å². The Morgan fingerprint density at radius 3 is 2.40 bits per heavy atom. The van der Waals surface area contributed by atoms with E-state index in [1.807, 2.05) is 0 Å². The molecule has 0 saturated carbocycles. The Kier molecular flexibility index (Phi) is 4.40. The Morgan fingerprint density at radius 1 is 1.16 bits per heavy atom. The first-order valence-electron chi connectivity index (χ1n) is 7.02. The van der Waals surface area contributed by atoms with E-state index in [0.717, 1.165) is 11.3 Å².